The Morgan fingerprint density at radius 3 is 2.23 bits per heavy atom. The number of fused-ring (bicyclic) bond motifs is 1. The van der Waals surface area contributed by atoms with Crippen molar-refractivity contribution in [2.75, 3.05) is 70.5 Å². The van der Waals surface area contributed by atoms with E-state index in [1.54, 1.807) is 0 Å². The molecule has 0 radical (unpaired) electrons. The van der Waals surface area contributed by atoms with E-state index in [0.717, 1.165) is 99.3 Å². The summed E-state index contributed by atoms with van der Waals surface area (Å²) >= 11 is 0. The lowest BCUT2D eigenvalue weighted by Gasteiger charge is -2.36. The molecule has 0 N–H and O–H groups in total. The highest BCUT2D eigenvalue weighted by molar-refractivity contribution is 5.77. The number of piperazine rings is 1. The molecule has 2 fully saturated rings. The molecule has 9 nitrogen and oxygen atoms in total. The summed E-state index contributed by atoms with van der Waals surface area (Å²) in [4.78, 5) is 16.4. The van der Waals surface area contributed by atoms with Gasteiger partial charge in [0, 0.05) is 81.1 Å². The molecule has 9 heteroatoms. The lowest BCUT2D eigenvalue weighted by Crippen LogP contribution is -2.46. The molecule has 5 aromatic rings. The van der Waals surface area contributed by atoms with Gasteiger partial charge in [0.15, 0.2) is 18.0 Å². The largest absolute Gasteiger partial charge is 0.494 e. The van der Waals surface area contributed by atoms with Crippen LogP contribution >= 0.6 is 0 Å². The summed E-state index contributed by atoms with van der Waals surface area (Å²) in [5.74, 6) is 3.14. The molecule has 5 heterocycles. The molecule has 52 heavy (non-hydrogen) atoms. The van der Waals surface area contributed by atoms with Gasteiger partial charge in [-0.25, -0.2) is 9.55 Å². The van der Waals surface area contributed by atoms with Crippen LogP contribution < -0.4 is 18.9 Å². The quantitative estimate of drug-likeness (QED) is 0.0784. The first-order chi connectivity index (χ1) is 25.7. The maximum Gasteiger partial charge on any atom is 0.227 e. The molecular formula is C43H55N6O3+. The van der Waals surface area contributed by atoms with Crippen LogP contribution in [0.3, 0.4) is 0 Å². The number of hydrogen-bond acceptors (Lipinski definition) is 8. The molecule has 0 spiro atoms. The van der Waals surface area contributed by atoms with Crippen molar-refractivity contribution in [3.05, 3.63) is 97.1 Å². The highest BCUT2D eigenvalue weighted by Gasteiger charge is 2.18. The molecule has 7 rings (SSSR count). The van der Waals surface area contributed by atoms with Crippen molar-refractivity contribution in [3.8, 4) is 23.0 Å². The van der Waals surface area contributed by atoms with Gasteiger partial charge in [-0.2, -0.15) is 0 Å². The van der Waals surface area contributed by atoms with Gasteiger partial charge in [-0.15, -0.1) is 0 Å². The molecule has 0 aliphatic carbocycles. The molecule has 2 aromatic carbocycles. The number of anilines is 1. The van der Waals surface area contributed by atoms with E-state index in [-0.39, 0.29) is 0 Å². The van der Waals surface area contributed by atoms with Crippen LogP contribution in [0.2, 0.25) is 0 Å². The summed E-state index contributed by atoms with van der Waals surface area (Å²) in [6.07, 6.45) is 16.6. The molecule has 0 bridgehead atoms. The fourth-order valence-corrected chi connectivity index (χ4v) is 7.53. The van der Waals surface area contributed by atoms with Crippen LogP contribution in [0.5, 0.6) is 11.5 Å². The van der Waals surface area contributed by atoms with Crippen molar-refractivity contribution in [1.29, 1.82) is 0 Å². The Morgan fingerprint density at radius 2 is 1.48 bits per heavy atom. The molecule has 0 amide bonds. The van der Waals surface area contributed by atoms with Crippen molar-refractivity contribution >= 4 is 16.8 Å². The zero-order valence-corrected chi connectivity index (χ0v) is 30.9. The summed E-state index contributed by atoms with van der Waals surface area (Å²) in [6.45, 7) is 13.4. The Balaban J connectivity index is 0.788. The second kappa shape index (κ2) is 18.3. The zero-order chi connectivity index (χ0) is 35.4. The number of hydrogen-bond donors (Lipinski definition) is 0. The molecule has 2 saturated heterocycles. The third-order valence-corrected chi connectivity index (χ3v) is 10.7. The van der Waals surface area contributed by atoms with E-state index in [4.69, 9.17) is 18.9 Å². The van der Waals surface area contributed by atoms with Gasteiger partial charge in [-0.05, 0) is 125 Å². The van der Waals surface area contributed by atoms with E-state index in [0.29, 0.717) is 12.5 Å². The van der Waals surface area contributed by atoms with Crippen LogP contribution in [-0.2, 0) is 13.0 Å². The van der Waals surface area contributed by atoms with Crippen LogP contribution in [0.4, 0.5) is 5.69 Å². The fourth-order valence-electron chi connectivity index (χ4n) is 7.53. The average molecular weight is 704 g/mol. The van der Waals surface area contributed by atoms with Gasteiger partial charge in [0.1, 0.15) is 23.6 Å². The summed E-state index contributed by atoms with van der Waals surface area (Å²) in [5, 5.41) is 0. The molecule has 274 valence electrons. The Morgan fingerprint density at radius 1 is 0.769 bits per heavy atom. The van der Waals surface area contributed by atoms with Gasteiger partial charge in [-0.3, -0.25) is 9.88 Å². The number of likely N-dealkylation sites (tertiary alicyclic amines) is 1. The van der Waals surface area contributed by atoms with Crippen LogP contribution in [0, 0.1) is 5.92 Å². The van der Waals surface area contributed by atoms with Gasteiger partial charge >= 0.3 is 0 Å². The van der Waals surface area contributed by atoms with E-state index in [2.05, 4.69) is 67.8 Å². The first-order valence-corrected chi connectivity index (χ1v) is 19.5. The number of oxazole rings is 1. The summed E-state index contributed by atoms with van der Waals surface area (Å²) in [7, 11) is 0. The van der Waals surface area contributed by atoms with E-state index < -0.39 is 0 Å². The molecule has 2 aliphatic heterocycles. The lowest BCUT2D eigenvalue weighted by molar-refractivity contribution is -0.693. The molecule has 2 aliphatic rings. The smallest absolute Gasteiger partial charge is 0.227 e. The number of pyridine rings is 2. The maximum atomic E-state index is 6.16. The summed E-state index contributed by atoms with van der Waals surface area (Å²) in [6, 6.07) is 22.8. The predicted octanol–water partition coefficient (Wildman–Crippen LogP) is 7.29. The van der Waals surface area contributed by atoms with Crippen LogP contribution in [0.25, 0.3) is 22.6 Å². The van der Waals surface area contributed by atoms with E-state index in [9.17, 15) is 0 Å². The van der Waals surface area contributed by atoms with Crippen molar-refractivity contribution in [2.45, 2.75) is 58.4 Å². The first kappa shape index (κ1) is 35.9. The predicted molar refractivity (Wildman–Crippen MR) is 207 cm³/mol. The van der Waals surface area contributed by atoms with E-state index in [1.165, 1.54) is 56.4 Å². The van der Waals surface area contributed by atoms with E-state index in [1.807, 2.05) is 54.9 Å². The van der Waals surface area contributed by atoms with E-state index >= 15 is 0 Å². The first-order valence-electron chi connectivity index (χ1n) is 19.5. The minimum Gasteiger partial charge on any atom is -0.494 e. The SMILES string of the molecule is CC[n+]1ccc(CCC2CCCN(CCCOc3ccc(-c4nc5ccc(OCCCN6CCN(c7ccncc7)CC6)cc5o4)cc3)CC2)cc1. The minimum absolute atomic E-state index is 0.609. The fraction of sp³-hybridized carbons (Fsp3) is 0.465. The third kappa shape index (κ3) is 10.1. The van der Waals surface area contributed by atoms with Crippen LogP contribution in [-0.4, -0.2) is 85.3 Å². The second-order valence-corrected chi connectivity index (χ2v) is 14.3. The van der Waals surface area contributed by atoms with Crippen molar-refractivity contribution < 1.29 is 18.5 Å². The monoisotopic (exact) mass is 703 g/mol. The molecule has 0 saturated carbocycles. The van der Waals surface area contributed by atoms with Gasteiger partial charge in [-0.1, -0.05) is 0 Å². The number of aromatic nitrogens is 3. The minimum atomic E-state index is 0.609. The molecule has 1 atom stereocenters. The summed E-state index contributed by atoms with van der Waals surface area (Å²) in [5.41, 5.74) is 5.23. The van der Waals surface area contributed by atoms with Crippen molar-refractivity contribution in [2.24, 2.45) is 5.92 Å². The topological polar surface area (TPSA) is 71.0 Å². The van der Waals surface area contributed by atoms with Gasteiger partial charge in [0.05, 0.1) is 13.2 Å². The van der Waals surface area contributed by atoms with Gasteiger partial charge in [0.2, 0.25) is 5.89 Å². The van der Waals surface area contributed by atoms with Crippen LogP contribution in [0.15, 0.2) is 95.9 Å². The highest BCUT2D eigenvalue weighted by Crippen LogP contribution is 2.29. The summed E-state index contributed by atoms with van der Waals surface area (Å²) < 4.78 is 20.6. The standard InChI is InChI=1S/C43H55N6O3/c1-2-46-25-17-36(18-26-46)8-7-35-6-3-22-47(27-19-35)23-4-32-50-39-11-9-37(10-12-39)43-45-41-14-13-40(34-42(41)52-43)51-33-5-24-48-28-30-49(31-29-48)38-15-20-44-21-16-38/h9-18,20-21,25-26,34-35H,2-8,19,22-24,27-33H2,1H3/q+1. The lowest BCUT2D eigenvalue weighted by atomic mass is 9.93. The molecular weight excluding hydrogens is 649 g/mol. The number of benzene rings is 2. The third-order valence-electron chi connectivity index (χ3n) is 10.7. The normalized spacial score (nSPS) is 17.3. The van der Waals surface area contributed by atoms with Gasteiger partial charge in [0.25, 0.3) is 0 Å². The zero-order valence-electron chi connectivity index (χ0n) is 30.9. The van der Waals surface area contributed by atoms with Gasteiger partial charge < -0.3 is 23.7 Å². The number of aryl methyl sites for hydroxylation is 2. The average Bonchev–Trinajstić information content (AvgIpc) is 3.50. The Bertz CT molecular complexity index is 1790. The Kier molecular flexibility index (Phi) is 12.7. The Labute approximate surface area is 309 Å². The Hall–Kier alpha value is -4.47. The molecule has 1 unspecified atom stereocenters. The number of ether oxygens (including phenoxy) is 2. The number of rotatable bonds is 16. The van der Waals surface area contributed by atoms with Crippen molar-refractivity contribution in [1.82, 2.24) is 19.8 Å². The van der Waals surface area contributed by atoms with Crippen molar-refractivity contribution in [3.63, 3.8) is 0 Å². The maximum absolute atomic E-state index is 6.16. The van der Waals surface area contributed by atoms with Crippen LogP contribution in [0.1, 0.15) is 51.0 Å². The molecule has 3 aromatic heterocycles. The highest BCUT2D eigenvalue weighted by atomic mass is 16.5. The number of nitrogens with zero attached hydrogens (tertiary/aromatic N) is 6. The second-order valence-electron chi connectivity index (χ2n) is 14.3.